The van der Waals surface area contributed by atoms with E-state index in [0.29, 0.717) is 6.54 Å². The van der Waals surface area contributed by atoms with Gasteiger partial charge in [0, 0.05) is 18.8 Å². The highest BCUT2D eigenvalue weighted by atomic mass is 16.1. The number of para-hydroxylation sites is 1. The number of carbonyl (C=O) groups excluding carboxylic acids is 1. The molecule has 4 aromatic carbocycles. The first-order chi connectivity index (χ1) is 16.7. The van der Waals surface area contributed by atoms with E-state index in [4.69, 9.17) is 0 Å². The number of amides is 1. The summed E-state index contributed by atoms with van der Waals surface area (Å²) in [5.41, 5.74) is 7.03. The molecule has 0 spiro atoms. The monoisotopic (exact) mass is 446 g/mol. The third-order valence-corrected chi connectivity index (χ3v) is 6.85. The molecule has 0 bridgehead atoms. The van der Waals surface area contributed by atoms with Gasteiger partial charge in [0.05, 0.1) is 12.0 Å². The summed E-state index contributed by atoms with van der Waals surface area (Å²) in [6, 6.07) is 37.4. The van der Waals surface area contributed by atoms with Crippen molar-refractivity contribution in [3.63, 3.8) is 0 Å². The molecule has 170 valence electrons. The number of benzene rings is 4. The van der Waals surface area contributed by atoms with E-state index in [1.54, 1.807) is 0 Å². The lowest BCUT2D eigenvalue weighted by atomic mass is 9.79. The molecular formula is C31H30N2O. The zero-order valence-corrected chi connectivity index (χ0v) is 19.5. The number of nitrogens with one attached hydrogen (secondary N) is 1. The molecule has 3 heteroatoms. The summed E-state index contributed by atoms with van der Waals surface area (Å²) in [5, 5.41) is 3.26. The maximum absolute atomic E-state index is 14.0. The van der Waals surface area contributed by atoms with Gasteiger partial charge in [-0.1, -0.05) is 97.1 Å². The molecule has 0 radical (unpaired) electrons. The van der Waals surface area contributed by atoms with E-state index < -0.39 is 0 Å². The molecule has 0 saturated carbocycles. The van der Waals surface area contributed by atoms with Crippen molar-refractivity contribution < 1.29 is 4.79 Å². The number of carbonyl (C=O) groups is 1. The van der Waals surface area contributed by atoms with Crippen LogP contribution in [0.4, 0.5) is 5.69 Å². The summed E-state index contributed by atoms with van der Waals surface area (Å²) in [5.74, 6) is -0.285. The lowest BCUT2D eigenvalue weighted by Gasteiger charge is -2.43. The number of fused-ring (bicyclic) bond motifs is 1. The predicted molar refractivity (Wildman–Crippen MR) is 139 cm³/mol. The second-order valence-corrected chi connectivity index (χ2v) is 8.96. The number of nitrogens with zero attached hydrogens (tertiary/aromatic N) is 1. The predicted octanol–water partition coefficient (Wildman–Crippen LogP) is 6.20. The van der Waals surface area contributed by atoms with E-state index in [0.717, 1.165) is 35.3 Å². The van der Waals surface area contributed by atoms with Crippen molar-refractivity contribution in [3.05, 3.63) is 137 Å². The van der Waals surface area contributed by atoms with Crippen molar-refractivity contribution in [1.29, 1.82) is 0 Å². The minimum atomic E-state index is -0.341. The second kappa shape index (κ2) is 9.96. The van der Waals surface area contributed by atoms with E-state index in [1.165, 1.54) is 11.1 Å². The summed E-state index contributed by atoms with van der Waals surface area (Å²) >= 11 is 0. The molecule has 34 heavy (non-hydrogen) atoms. The van der Waals surface area contributed by atoms with Gasteiger partial charge >= 0.3 is 0 Å². The summed E-state index contributed by atoms with van der Waals surface area (Å²) < 4.78 is 0. The van der Waals surface area contributed by atoms with Gasteiger partial charge < -0.3 is 10.2 Å². The van der Waals surface area contributed by atoms with Gasteiger partial charge in [-0.2, -0.15) is 0 Å². The molecule has 0 saturated heterocycles. The second-order valence-electron chi connectivity index (χ2n) is 8.96. The van der Waals surface area contributed by atoms with Crippen LogP contribution in [0, 0.1) is 6.92 Å². The van der Waals surface area contributed by atoms with Crippen LogP contribution in [0.3, 0.4) is 0 Å². The van der Waals surface area contributed by atoms with Crippen LogP contribution in [-0.2, 0) is 17.8 Å². The molecule has 1 amide bonds. The van der Waals surface area contributed by atoms with E-state index >= 15 is 0 Å². The number of rotatable bonds is 6. The normalized spacial score (nSPS) is 15.9. The van der Waals surface area contributed by atoms with Gasteiger partial charge in [0.2, 0.25) is 5.91 Å². The highest BCUT2D eigenvalue weighted by Crippen LogP contribution is 2.43. The summed E-state index contributed by atoms with van der Waals surface area (Å²) in [4.78, 5) is 16.4. The lowest BCUT2D eigenvalue weighted by molar-refractivity contribution is -0.123. The van der Waals surface area contributed by atoms with Crippen molar-refractivity contribution in [2.45, 2.75) is 31.8 Å². The van der Waals surface area contributed by atoms with Crippen LogP contribution >= 0.6 is 0 Å². The molecule has 0 aliphatic carbocycles. The maximum Gasteiger partial charge on any atom is 0.230 e. The molecule has 0 aromatic heterocycles. The fourth-order valence-corrected chi connectivity index (χ4v) is 5.15. The quantitative estimate of drug-likeness (QED) is 0.382. The molecule has 3 nitrogen and oxygen atoms in total. The van der Waals surface area contributed by atoms with E-state index in [-0.39, 0.29) is 17.9 Å². The Kier molecular flexibility index (Phi) is 6.44. The Balaban J connectivity index is 1.60. The van der Waals surface area contributed by atoms with Crippen LogP contribution in [0.5, 0.6) is 0 Å². The molecule has 1 aliphatic heterocycles. The van der Waals surface area contributed by atoms with Gasteiger partial charge in [-0.3, -0.25) is 4.79 Å². The minimum Gasteiger partial charge on any atom is -0.363 e. The van der Waals surface area contributed by atoms with Gasteiger partial charge in [0.1, 0.15) is 0 Å². The topological polar surface area (TPSA) is 32.3 Å². The van der Waals surface area contributed by atoms with Gasteiger partial charge in [-0.15, -0.1) is 0 Å². The largest absolute Gasteiger partial charge is 0.363 e. The Morgan fingerprint density at radius 3 is 2.26 bits per heavy atom. The van der Waals surface area contributed by atoms with Crippen LogP contribution in [0.25, 0.3) is 0 Å². The first kappa shape index (κ1) is 22.0. The summed E-state index contributed by atoms with van der Waals surface area (Å²) in [7, 11) is 0. The fourth-order valence-electron chi connectivity index (χ4n) is 5.15. The first-order valence-electron chi connectivity index (χ1n) is 12.0. The molecule has 2 atom stereocenters. The molecule has 4 aromatic rings. The molecule has 1 heterocycles. The van der Waals surface area contributed by atoms with Crippen molar-refractivity contribution in [2.24, 2.45) is 0 Å². The average Bonchev–Trinajstić information content (AvgIpc) is 2.90. The van der Waals surface area contributed by atoms with Gasteiger partial charge in [-0.05, 0) is 53.3 Å². The van der Waals surface area contributed by atoms with Crippen molar-refractivity contribution in [2.75, 3.05) is 11.4 Å². The Labute approximate surface area is 202 Å². The molecule has 5 rings (SSSR count). The highest BCUT2D eigenvalue weighted by Gasteiger charge is 2.39. The number of hydrogen-bond donors (Lipinski definition) is 1. The fraction of sp³-hybridized carbons (Fsp3) is 0.194. The zero-order valence-electron chi connectivity index (χ0n) is 19.5. The Morgan fingerprint density at radius 2 is 1.50 bits per heavy atom. The number of hydrogen-bond acceptors (Lipinski definition) is 2. The van der Waals surface area contributed by atoms with Gasteiger partial charge in [-0.25, -0.2) is 0 Å². The number of aryl methyl sites for hydroxylation is 1. The van der Waals surface area contributed by atoms with Crippen LogP contribution in [0.1, 0.15) is 39.8 Å². The SMILES string of the molecule is Cc1ccccc1[C@@H](C(=O)NCc1ccccc1)[C@H]1c2ccccc2CCN1c1ccccc1. The van der Waals surface area contributed by atoms with Crippen LogP contribution in [-0.4, -0.2) is 12.5 Å². The molecule has 0 fully saturated rings. The van der Waals surface area contributed by atoms with Crippen LogP contribution in [0.2, 0.25) is 0 Å². The number of anilines is 1. The highest BCUT2D eigenvalue weighted by molar-refractivity contribution is 5.86. The zero-order chi connectivity index (χ0) is 23.3. The minimum absolute atomic E-state index is 0.0563. The van der Waals surface area contributed by atoms with Crippen molar-refractivity contribution in [3.8, 4) is 0 Å². The smallest absolute Gasteiger partial charge is 0.230 e. The standard InChI is InChI=1S/C31H30N2O/c1-23-12-8-10-18-27(23)29(31(34)32-22-24-13-4-2-5-14-24)30-28-19-11-9-15-25(28)20-21-33(30)26-16-6-3-7-17-26/h2-19,29-30H,20-22H2,1H3,(H,32,34)/t29-,30-/m1/s1. The molecular weight excluding hydrogens is 416 g/mol. The molecule has 0 unspecified atom stereocenters. The Bertz CT molecular complexity index is 1250. The third kappa shape index (κ3) is 4.47. The van der Waals surface area contributed by atoms with E-state index in [1.807, 2.05) is 36.4 Å². The molecule has 1 aliphatic rings. The maximum atomic E-state index is 14.0. The van der Waals surface area contributed by atoms with Crippen LogP contribution < -0.4 is 10.2 Å². The lowest BCUT2D eigenvalue weighted by Crippen LogP contribution is -2.44. The van der Waals surface area contributed by atoms with Crippen molar-refractivity contribution in [1.82, 2.24) is 5.32 Å². The molecule has 1 N–H and O–H groups in total. The Hall–Kier alpha value is -3.85. The van der Waals surface area contributed by atoms with Crippen LogP contribution in [0.15, 0.2) is 109 Å². The Morgan fingerprint density at radius 1 is 0.853 bits per heavy atom. The van der Waals surface area contributed by atoms with Gasteiger partial charge in [0.15, 0.2) is 0 Å². The first-order valence-corrected chi connectivity index (χ1v) is 12.0. The average molecular weight is 447 g/mol. The van der Waals surface area contributed by atoms with E-state index in [9.17, 15) is 4.79 Å². The summed E-state index contributed by atoms with van der Waals surface area (Å²) in [6.45, 7) is 3.50. The third-order valence-electron chi connectivity index (χ3n) is 6.85. The summed E-state index contributed by atoms with van der Waals surface area (Å²) in [6.07, 6.45) is 0.966. The van der Waals surface area contributed by atoms with E-state index in [2.05, 4.69) is 89.9 Å². The van der Waals surface area contributed by atoms with Gasteiger partial charge in [0.25, 0.3) is 0 Å². The van der Waals surface area contributed by atoms with Crippen molar-refractivity contribution >= 4 is 11.6 Å².